The van der Waals surface area contributed by atoms with Crippen LogP contribution in [0.15, 0.2) is 65.1 Å². The molecule has 0 saturated carbocycles. The third-order valence-corrected chi connectivity index (χ3v) is 5.55. The number of benzene rings is 3. The van der Waals surface area contributed by atoms with Crippen molar-refractivity contribution in [1.29, 1.82) is 0 Å². The highest BCUT2D eigenvalue weighted by Crippen LogP contribution is 2.37. The molecule has 164 valence electrons. The van der Waals surface area contributed by atoms with Gasteiger partial charge in [-0.3, -0.25) is 0 Å². The molecule has 0 saturated heterocycles. The number of hydrogen-bond donors (Lipinski definition) is 1. The maximum atomic E-state index is 6.10. The molecule has 0 amide bonds. The second kappa shape index (κ2) is 11.8. The topological polar surface area (TPSA) is 39.7 Å². The summed E-state index contributed by atoms with van der Waals surface area (Å²) in [5.74, 6) is 2.42. The molecule has 0 aliphatic carbocycles. The zero-order valence-electron chi connectivity index (χ0n) is 18.4. The first kappa shape index (κ1) is 23.2. The molecule has 0 spiro atoms. The molecule has 3 rings (SSSR count). The molecule has 5 heteroatoms. The minimum atomic E-state index is 0.495. The number of methoxy groups -OCH3 is 1. The van der Waals surface area contributed by atoms with Crippen molar-refractivity contribution in [2.45, 2.75) is 33.4 Å². The van der Waals surface area contributed by atoms with Gasteiger partial charge in [-0.1, -0.05) is 48.0 Å². The van der Waals surface area contributed by atoms with Gasteiger partial charge in [0, 0.05) is 6.54 Å². The number of para-hydroxylation sites is 1. The maximum absolute atomic E-state index is 6.10. The number of hydrogen-bond acceptors (Lipinski definition) is 4. The Morgan fingerprint density at radius 1 is 0.903 bits per heavy atom. The van der Waals surface area contributed by atoms with Crippen molar-refractivity contribution in [2.75, 3.05) is 20.3 Å². The van der Waals surface area contributed by atoms with Gasteiger partial charge >= 0.3 is 0 Å². The van der Waals surface area contributed by atoms with Crippen LogP contribution in [0.4, 0.5) is 0 Å². The van der Waals surface area contributed by atoms with Crippen LogP contribution in [0.1, 0.15) is 29.2 Å². The van der Waals surface area contributed by atoms with E-state index in [9.17, 15) is 0 Å². The van der Waals surface area contributed by atoms with Crippen molar-refractivity contribution in [3.8, 4) is 17.2 Å². The van der Waals surface area contributed by atoms with Crippen LogP contribution in [0.3, 0.4) is 0 Å². The second-order valence-corrected chi connectivity index (χ2v) is 8.21. The maximum Gasteiger partial charge on any atom is 0.175 e. The van der Waals surface area contributed by atoms with Gasteiger partial charge in [-0.15, -0.1) is 0 Å². The fraction of sp³-hybridized carbons (Fsp3) is 0.308. The summed E-state index contributed by atoms with van der Waals surface area (Å²) in [5.41, 5.74) is 4.70. The van der Waals surface area contributed by atoms with Gasteiger partial charge in [-0.25, -0.2) is 0 Å². The molecular formula is C26H30BrNO3. The first-order valence-electron chi connectivity index (χ1n) is 10.6. The highest BCUT2D eigenvalue weighted by molar-refractivity contribution is 9.10. The SMILES string of the molecule is CCOc1cc(CNCCc2ccccc2OC)cc(Br)c1OCc1ccc(C)cc1. The molecule has 0 unspecified atom stereocenters. The number of ether oxygens (including phenoxy) is 3. The van der Waals surface area contributed by atoms with Crippen LogP contribution >= 0.6 is 15.9 Å². The molecule has 0 aromatic heterocycles. The Morgan fingerprint density at radius 3 is 2.42 bits per heavy atom. The first-order valence-corrected chi connectivity index (χ1v) is 11.4. The van der Waals surface area contributed by atoms with E-state index in [1.165, 1.54) is 11.1 Å². The third-order valence-electron chi connectivity index (χ3n) is 4.97. The van der Waals surface area contributed by atoms with Gasteiger partial charge in [-0.05, 0) is 77.6 Å². The van der Waals surface area contributed by atoms with Crippen LogP contribution in [0.5, 0.6) is 17.2 Å². The summed E-state index contributed by atoms with van der Waals surface area (Å²) in [7, 11) is 1.71. The molecule has 0 heterocycles. The summed E-state index contributed by atoms with van der Waals surface area (Å²) in [4.78, 5) is 0. The predicted octanol–water partition coefficient (Wildman–Crippen LogP) is 6.08. The van der Waals surface area contributed by atoms with Crippen molar-refractivity contribution in [2.24, 2.45) is 0 Å². The molecular weight excluding hydrogens is 454 g/mol. The van der Waals surface area contributed by atoms with Crippen LogP contribution in [-0.4, -0.2) is 20.3 Å². The lowest BCUT2D eigenvalue weighted by atomic mass is 10.1. The summed E-state index contributed by atoms with van der Waals surface area (Å²) in [6, 6.07) is 20.6. The molecule has 0 radical (unpaired) electrons. The number of rotatable bonds is 11. The Labute approximate surface area is 193 Å². The van der Waals surface area contributed by atoms with Crippen molar-refractivity contribution in [3.63, 3.8) is 0 Å². The fourth-order valence-electron chi connectivity index (χ4n) is 3.33. The van der Waals surface area contributed by atoms with E-state index in [4.69, 9.17) is 14.2 Å². The van der Waals surface area contributed by atoms with Crippen molar-refractivity contribution < 1.29 is 14.2 Å². The monoisotopic (exact) mass is 483 g/mol. The van der Waals surface area contributed by atoms with Crippen LogP contribution in [0.25, 0.3) is 0 Å². The molecule has 0 bridgehead atoms. The lowest BCUT2D eigenvalue weighted by molar-refractivity contribution is 0.267. The molecule has 0 atom stereocenters. The lowest BCUT2D eigenvalue weighted by Crippen LogP contribution is -2.17. The first-order chi connectivity index (χ1) is 15.1. The predicted molar refractivity (Wildman–Crippen MR) is 129 cm³/mol. The van der Waals surface area contributed by atoms with E-state index < -0.39 is 0 Å². The summed E-state index contributed by atoms with van der Waals surface area (Å²) in [5, 5.41) is 3.51. The van der Waals surface area contributed by atoms with Gasteiger partial charge in [-0.2, -0.15) is 0 Å². The molecule has 4 nitrogen and oxygen atoms in total. The van der Waals surface area contributed by atoms with Gasteiger partial charge in [0.15, 0.2) is 11.5 Å². The molecule has 0 aliphatic heterocycles. The van der Waals surface area contributed by atoms with E-state index in [2.05, 4.69) is 70.6 Å². The highest BCUT2D eigenvalue weighted by Gasteiger charge is 2.13. The van der Waals surface area contributed by atoms with Crippen molar-refractivity contribution in [3.05, 3.63) is 87.4 Å². The smallest absolute Gasteiger partial charge is 0.175 e. The molecule has 1 N–H and O–H groups in total. The fourth-order valence-corrected chi connectivity index (χ4v) is 3.94. The van der Waals surface area contributed by atoms with E-state index in [-0.39, 0.29) is 0 Å². The number of nitrogens with one attached hydrogen (secondary N) is 1. The average Bonchev–Trinajstić information content (AvgIpc) is 2.78. The lowest BCUT2D eigenvalue weighted by Gasteiger charge is -2.16. The zero-order chi connectivity index (χ0) is 22.1. The molecule has 0 aliphatic rings. The largest absolute Gasteiger partial charge is 0.496 e. The third kappa shape index (κ3) is 6.74. The normalized spacial score (nSPS) is 10.7. The minimum absolute atomic E-state index is 0.495. The Bertz CT molecular complexity index is 973. The van der Waals surface area contributed by atoms with Crippen LogP contribution in [0.2, 0.25) is 0 Å². The van der Waals surface area contributed by atoms with E-state index in [1.54, 1.807) is 7.11 Å². The quantitative estimate of drug-likeness (QED) is 0.335. The molecule has 3 aromatic carbocycles. The Morgan fingerprint density at radius 2 is 1.68 bits per heavy atom. The summed E-state index contributed by atoms with van der Waals surface area (Å²) < 4.78 is 18.3. The number of halogens is 1. The summed E-state index contributed by atoms with van der Waals surface area (Å²) in [6.45, 7) is 6.74. The van der Waals surface area contributed by atoms with E-state index in [0.29, 0.717) is 13.2 Å². The molecule has 3 aromatic rings. The Balaban J connectivity index is 1.61. The van der Waals surface area contributed by atoms with E-state index in [0.717, 1.165) is 52.4 Å². The van der Waals surface area contributed by atoms with Crippen molar-refractivity contribution in [1.82, 2.24) is 5.32 Å². The zero-order valence-corrected chi connectivity index (χ0v) is 20.0. The van der Waals surface area contributed by atoms with Gasteiger partial charge in [0.2, 0.25) is 0 Å². The van der Waals surface area contributed by atoms with Gasteiger partial charge in [0.25, 0.3) is 0 Å². The van der Waals surface area contributed by atoms with Crippen LogP contribution in [-0.2, 0) is 19.6 Å². The number of aryl methyl sites for hydroxylation is 1. The van der Waals surface area contributed by atoms with Crippen LogP contribution < -0.4 is 19.5 Å². The minimum Gasteiger partial charge on any atom is -0.496 e. The summed E-state index contributed by atoms with van der Waals surface area (Å²) >= 11 is 3.67. The van der Waals surface area contributed by atoms with Crippen LogP contribution in [0, 0.1) is 6.92 Å². The van der Waals surface area contributed by atoms with E-state index >= 15 is 0 Å². The highest BCUT2D eigenvalue weighted by atomic mass is 79.9. The Kier molecular flexibility index (Phi) is 8.80. The van der Waals surface area contributed by atoms with Gasteiger partial charge in [0.05, 0.1) is 18.2 Å². The molecule has 31 heavy (non-hydrogen) atoms. The standard InChI is InChI=1S/C26H30BrNO3/c1-4-30-25-16-21(17-28-14-13-22-7-5-6-8-24(22)29-3)15-23(27)26(25)31-18-20-11-9-19(2)10-12-20/h5-12,15-16,28H,4,13-14,17-18H2,1-3H3. The van der Waals surface area contributed by atoms with Gasteiger partial charge in [0.1, 0.15) is 12.4 Å². The Hall–Kier alpha value is -2.50. The molecule has 0 fully saturated rings. The average molecular weight is 484 g/mol. The van der Waals surface area contributed by atoms with Crippen molar-refractivity contribution >= 4 is 15.9 Å². The van der Waals surface area contributed by atoms with Gasteiger partial charge < -0.3 is 19.5 Å². The summed E-state index contributed by atoms with van der Waals surface area (Å²) in [6.07, 6.45) is 0.904. The second-order valence-electron chi connectivity index (χ2n) is 7.35. The van der Waals surface area contributed by atoms with E-state index in [1.807, 2.05) is 25.1 Å².